The van der Waals surface area contributed by atoms with Gasteiger partial charge in [-0.2, -0.15) is 0 Å². The van der Waals surface area contributed by atoms with E-state index < -0.39 is 0 Å². The zero-order valence-corrected chi connectivity index (χ0v) is 12.5. The molecular weight excluding hydrogens is 268 g/mol. The number of rotatable bonds is 6. The lowest BCUT2D eigenvalue weighted by Crippen LogP contribution is -2.25. The van der Waals surface area contributed by atoms with E-state index in [1.807, 2.05) is 24.3 Å². The van der Waals surface area contributed by atoms with Crippen molar-refractivity contribution in [2.45, 2.75) is 20.3 Å². The Balaban J connectivity index is 2.01. The fourth-order valence-electron chi connectivity index (χ4n) is 1.79. The van der Waals surface area contributed by atoms with Crippen molar-refractivity contribution in [1.82, 2.24) is 20.3 Å². The van der Waals surface area contributed by atoms with Crippen LogP contribution in [0.4, 0.5) is 0 Å². The number of carbonyl (C=O) groups excluding carboxylic acids is 1. The lowest BCUT2D eigenvalue weighted by atomic mass is 10.1. The van der Waals surface area contributed by atoms with Crippen LogP contribution in [0.5, 0.6) is 5.75 Å². The van der Waals surface area contributed by atoms with E-state index in [1.165, 1.54) is 0 Å². The maximum Gasteiger partial charge on any atom is 0.273 e. The molecule has 21 heavy (non-hydrogen) atoms. The highest BCUT2D eigenvalue weighted by atomic mass is 16.5. The monoisotopic (exact) mass is 288 g/mol. The third kappa shape index (κ3) is 4.05. The van der Waals surface area contributed by atoms with Crippen LogP contribution in [0.15, 0.2) is 30.5 Å². The van der Waals surface area contributed by atoms with Gasteiger partial charge in [-0.25, -0.2) is 4.68 Å². The molecule has 1 heterocycles. The predicted octanol–water partition coefficient (Wildman–Crippen LogP) is 2.05. The summed E-state index contributed by atoms with van der Waals surface area (Å²) in [7, 11) is 1.62. The number of carbonyl (C=O) groups is 1. The number of hydrogen-bond donors (Lipinski definition) is 1. The van der Waals surface area contributed by atoms with Crippen LogP contribution in [0.1, 0.15) is 30.8 Å². The standard InChI is InChI=1S/C15H20N4O2/c1-11(2)8-9-16-15(20)14-10-19(18-17-14)12-4-6-13(21-3)7-5-12/h4-7,10-11H,8-9H2,1-3H3,(H,16,20). The number of benzene rings is 1. The van der Waals surface area contributed by atoms with Crippen molar-refractivity contribution in [3.63, 3.8) is 0 Å². The van der Waals surface area contributed by atoms with Crippen molar-refractivity contribution >= 4 is 5.91 Å². The van der Waals surface area contributed by atoms with Gasteiger partial charge in [0.1, 0.15) is 5.75 Å². The molecule has 2 aromatic rings. The van der Waals surface area contributed by atoms with Gasteiger partial charge in [0.2, 0.25) is 0 Å². The zero-order chi connectivity index (χ0) is 15.2. The third-order valence-corrected chi connectivity index (χ3v) is 3.07. The molecule has 0 saturated heterocycles. The molecule has 0 spiro atoms. The minimum Gasteiger partial charge on any atom is -0.497 e. The summed E-state index contributed by atoms with van der Waals surface area (Å²) in [4.78, 5) is 11.9. The third-order valence-electron chi connectivity index (χ3n) is 3.07. The van der Waals surface area contributed by atoms with Gasteiger partial charge in [0.05, 0.1) is 19.0 Å². The average Bonchev–Trinajstić information content (AvgIpc) is 2.97. The highest BCUT2D eigenvalue weighted by Crippen LogP contribution is 2.14. The molecule has 112 valence electrons. The molecule has 1 amide bonds. The van der Waals surface area contributed by atoms with Crippen molar-refractivity contribution in [3.05, 3.63) is 36.2 Å². The van der Waals surface area contributed by atoms with Gasteiger partial charge >= 0.3 is 0 Å². The molecule has 0 aliphatic rings. The quantitative estimate of drug-likeness (QED) is 0.883. The van der Waals surface area contributed by atoms with E-state index in [-0.39, 0.29) is 5.91 Å². The smallest absolute Gasteiger partial charge is 0.273 e. The van der Waals surface area contributed by atoms with Gasteiger partial charge in [-0.05, 0) is 36.6 Å². The maximum atomic E-state index is 11.9. The molecule has 1 N–H and O–H groups in total. The van der Waals surface area contributed by atoms with Gasteiger partial charge in [-0.15, -0.1) is 5.10 Å². The first-order valence-corrected chi connectivity index (χ1v) is 6.95. The van der Waals surface area contributed by atoms with Crippen molar-refractivity contribution in [2.24, 2.45) is 5.92 Å². The summed E-state index contributed by atoms with van der Waals surface area (Å²) in [5.41, 5.74) is 1.14. The highest BCUT2D eigenvalue weighted by Gasteiger charge is 2.11. The fourth-order valence-corrected chi connectivity index (χ4v) is 1.79. The van der Waals surface area contributed by atoms with E-state index in [4.69, 9.17) is 4.74 Å². The van der Waals surface area contributed by atoms with E-state index in [0.717, 1.165) is 17.9 Å². The van der Waals surface area contributed by atoms with Crippen LogP contribution in [0.3, 0.4) is 0 Å². The van der Waals surface area contributed by atoms with Crippen LogP contribution in [-0.4, -0.2) is 34.6 Å². The van der Waals surface area contributed by atoms with Crippen molar-refractivity contribution in [1.29, 1.82) is 0 Å². The Morgan fingerprint density at radius 3 is 2.67 bits per heavy atom. The Labute approximate surface area is 124 Å². The summed E-state index contributed by atoms with van der Waals surface area (Å²) in [6.45, 7) is 4.88. The van der Waals surface area contributed by atoms with Gasteiger partial charge in [0.15, 0.2) is 5.69 Å². The summed E-state index contributed by atoms with van der Waals surface area (Å²) in [6, 6.07) is 7.38. The molecule has 0 unspecified atom stereocenters. The summed E-state index contributed by atoms with van der Waals surface area (Å²) >= 11 is 0. The number of methoxy groups -OCH3 is 1. The lowest BCUT2D eigenvalue weighted by Gasteiger charge is -2.05. The van der Waals surface area contributed by atoms with Crippen molar-refractivity contribution < 1.29 is 9.53 Å². The molecule has 0 fully saturated rings. The number of amides is 1. The largest absolute Gasteiger partial charge is 0.497 e. The van der Waals surface area contributed by atoms with Gasteiger partial charge in [-0.1, -0.05) is 19.1 Å². The van der Waals surface area contributed by atoms with E-state index in [9.17, 15) is 4.79 Å². The second-order valence-electron chi connectivity index (χ2n) is 5.18. The van der Waals surface area contributed by atoms with Crippen molar-refractivity contribution in [2.75, 3.05) is 13.7 Å². The van der Waals surface area contributed by atoms with Gasteiger partial charge in [-0.3, -0.25) is 4.79 Å². The first-order valence-electron chi connectivity index (χ1n) is 6.95. The average molecular weight is 288 g/mol. The molecule has 0 atom stereocenters. The first-order chi connectivity index (χ1) is 10.1. The van der Waals surface area contributed by atoms with E-state index in [1.54, 1.807) is 18.0 Å². The number of ether oxygens (including phenoxy) is 1. The number of hydrogen-bond acceptors (Lipinski definition) is 4. The molecule has 0 aliphatic heterocycles. The summed E-state index contributed by atoms with van der Waals surface area (Å²) in [5.74, 6) is 1.13. The summed E-state index contributed by atoms with van der Waals surface area (Å²) < 4.78 is 6.67. The Hall–Kier alpha value is -2.37. The topological polar surface area (TPSA) is 69.0 Å². The SMILES string of the molecule is COc1ccc(-n2cc(C(=O)NCCC(C)C)nn2)cc1. The molecule has 0 saturated carbocycles. The molecular formula is C15H20N4O2. The van der Waals surface area contributed by atoms with E-state index in [2.05, 4.69) is 29.5 Å². The van der Waals surface area contributed by atoms with Crippen LogP contribution in [0.2, 0.25) is 0 Å². The second-order valence-corrected chi connectivity index (χ2v) is 5.18. The molecule has 0 bridgehead atoms. The predicted molar refractivity (Wildman–Crippen MR) is 79.7 cm³/mol. The van der Waals surface area contributed by atoms with E-state index in [0.29, 0.717) is 18.2 Å². The molecule has 0 aliphatic carbocycles. The van der Waals surface area contributed by atoms with Crippen LogP contribution >= 0.6 is 0 Å². The van der Waals surface area contributed by atoms with Crippen LogP contribution in [0.25, 0.3) is 5.69 Å². The Kier molecular flexibility index (Phi) is 4.92. The molecule has 0 radical (unpaired) electrons. The normalized spacial score (nSPS) is 10.7. The maximum absolute atomic E-state index is 11.9. The lowest BCUT2D eigenvalue weighted by molar-refractivity contribution is 0.0947. The molecule has 1 aromatic heterocycles. The minimum atomic E-state index is -0.199. The Bertz CT molecular complexity index is 590. The van der Waals surface area contributed by atoms with Crippen molar-refractivity contribution in [3.8, 4) is 11.4 Å². The Morgan fingerprint density at radius 2 is 2.05 bits per heavy atom. The molecule has 1 aromatic carbocycles. The molecule has 6 nitrogen and oxygen atoms in total. The van der Waals surface area contributed by atoms with Crippen LogP contribution in [0, 0.1) is 5.92 Å². The number of aromatic nitrogens is 3. The van der Waals surface area contributed by atoms with Crippen LogP contribution < -0.4 is 10.1 Å². The number of nitrogens with zero attached hydrogens (tertiary/aromatic N) is 3. The zero-order valence-electron chi connectivity index (χ0n) is 12.5. The van der Waals surface area contributed by atoms with Gasteiger partial charge < -0.3 is 10.1 Å². The van der Waals surface area contributed by atoms with Gasteiger partial charge in [0, 0.05) is 6.54 Å². The Morgan fingerprint density at radius 1 is 1.33 bits per heavy atom. The molecule has 6 heteroatoms. The van der Waals surface area contributed by atoms with E-state index >= 15 is 0 Å². The van der Waals surface area contributed by atoms with Crippen LogP contribution in [-0.2, 0) is 0 Å². The van der Waals surface area contributed by atoms with Gasteiger partial charge in [0.25, 0.3) is 5.91 Å². The second kappa shape index (κ2) is 6.88. The minimum absolute atomic E-state index is 0.199. The molecule has 2 rings (SSSR count). The highest BCUT2D eigenvalue weighted by molar-refractivity contribution is 5.91. The first kappa shape index (κ1) is 15.0. The fraction of sp³-hybridized carbons (Fsp3) is 0.400. The summed E-state index contributed by atoms with van der Waals surface area (Å²) in [6.07, 6.45) is 2.56. The number of nitrogens with one attached hydrogen (secondary N) is 1. The summed E-state index contributed by atoms with van der Waals surface area (Å²) in [5, 5.41) is 10.7.